The number of unbranched alkanes of at least 4 members (excludes halogenated alkanes) is 9. The molecule has 23 heavy (non-hydrogen) atoms. The van der Waals surface area contributed by atoms with Crippen LogP contribution in [0.25, 0.3) is 0 Å². The van der Waals surface area contributed by atoms with Crippen molar-refractivity contribution in [2.45, 2.75) is 84.0 Å². The number of aliphatic carboxylic acids is 1. The van der Waals surface area contributed by atoms with Crippen molar-refractivity contribution in [2.75, 3.05) is 6.16 Å². The summed E-state index contributed by atoms with van der Waals surface area (Å²) >= 11 is 0. The number of hydrogen-bond donors (Lipinski definition) is 2. The first kappa shape index (κ1) is 25.9. The number of carboxylic acid groups (broad SMARTS) is 1. The second-order valence-electron chi connectivity index (χ2n) is 6.16. The third-order valence-corrected chi connectivity index (χ3v) is 4.85. The van der Waals surface area contributed by atoms with Crippen LogP contribution in [0.3, 0.4) is 0 Å². The van der Waals surface area contributed by atoms with E-state index in [2.05, 4.69) is 6.92 Å². The number of carboxylic acids is 1. The Morgan fingerprint density at radius 2 is 1.35 bits per heavy atom. The van der Waals surface area contributed by atoms with Gasteiger partial charge in [-0.15, -0.1) is 0 Å². The first-order chi connectivity index (χ1) is 10.4. The van der Waals surface area contributed by atoms with Crippen LogP contribution in [0.1, 0.15) is 84.0 Å². The zero-order valence-corrected chi connectivity index (χ0v) is 17.7. The van der Waals surface area contributed by atoms with E-state index in [9.17, 15) is 14.5 Å². The molecule has 7 heteroatoms. The smallest absolute Gasteiger partial charge is 0.550 e. The molecule has 1 atom stereocenters. The molecule has 132 valence electrons. The van der Waals surface area contributed by atoms with Crippen molar-refractivity contribution in [1.29, 1.82) is 0 Å². The number of hydrogen-bond acceptors (Lipinski definition) is 3. The van der Waals surface area contributed by atoms with Crippen LogP contribution in [-0.2, 0) is 9.36 Å². The van der Waals surface area contributed by atoms with E-state index in [1.165, 1.54) is 44.9 Å². The summed E-state index contributed by atoms with van der Waals surface area (Å²) in [4.78, 5) is 28.5. The van der Waals surface area contributed by atoms with E-state index in [4.69, 9.17) is 9.79 Å². The Morgan fingerprint density at radius 3 is 1.74 bits per heavy atom. The Labute approximate surface area is 163 Å². The largest absolute Gasteiger partial charge is 1.00 e. The summed E-state index contributed by atoms with van der Waals surface area (Å²) in [5.41, 5.74) is 0. The van der Waals surface area contributed by atoms with Gasteiger partial charge in [0.2, 0.25) is 0 Å². The summed E-state index contributed by atoms with van der Waals surface area (Å²) in [6.45, 7) is 2.21. The summed E-state index contributed by atoms with van der Waals surface area (Å²) in [5.74, 6) is -1.92. The number of carbonyl (C=O) groups excluding carboxylic acids is 1. The van der Waals surface area contributed by atoms with Gasteiger partial charge in [-0.3, -0.25) is 4.57 Å². The van der Waals surface area contributed by atoms with Crippen molar-refractivity contribution in [3.05, 3.63) is 0 Å². The van der Waals surface area contributed by atoms with Crippen molar-refractivity contribution in [1.82, 2.24) is 0 Å². The van der Waals surface area contributed by atoms with Gasteiger partial charge in [0.25, 0.3) is 0 Å². The van der Waals surface area contributed by atoms with Crippen LogP contribution in [-0.4, -0.2) is 21.9 Å². The monoisotopic (exact) mass is 358 g/mol. The molecule has 0 saturated heterocycles. The van der Waals surface area contributed by atoms with E-state index in [1.54, 1.807) is 0 Å². The Balaban J connectivity index is 0. The van der Waals surface area contributed by atoms with Crippen molar-refractivity contribution in [3.63, 3.8) is 0 Å². The maximum Gasteiger partial charge on any atom is 1.00 e. The van der Waals surface area contributed by atoms with E-state index >= 15 is 0 Å². The van der Waals surface area contributed by atoms with Crippen LogP contribution in [0, 0.1) is 5.92 Å². The Bertz CT molecular complexity index is 332. The molecule has 2 N–H and O–H groups in total. The topological polar surface area (TPSA) is 97.7 Å². The summed E-state index contributed by atoms with van der Waals surface area (Å²) in [6, 6.07) is 0. The van der Waals surface area contributed by atoms with Crippen LogP contribution < -0.4 is 34.7 Å². The van der Waals surface area contributed by atoms with Crippen molar-refractivity contribution >= 4 is 13.6 Å². The third kappa shape index (κ3) is 18.8. The third-order valence-electron chi connectivity index (χ3n) is 4.01. The molecule has 0 rings (SSSR count). The first-order valence-electron chi connectivity index (χ1n) is 8.62. The molecule has 0 bridgehead atoms. The fourth-order valence-electron chi connectivity index (χ4n) is 2.58. The van der Waals surface area contributed by atoms with Gasteiger partial charge in [-0.05, 0) is 18.8 Å². The molecule has 0 heterocycles. The fourth-order valence-corrected chi connectivity index (χ4v) is 3.23. The predicted molar refractivity (Wildman–Crippen MR) is 86.5 cm³/mol. The van der Waals surface area contributed by atoms with E-state index in [-0.39, 0.29) is 42.1 Å². The molecule has 0 aromatic rings. The van der Waals surface area contributed by atoms with Gasteiger partial charge in [-0.25, -0.2) is 0 Å². The van der Waals surface area contributed by atoms with Gasteiger partial charge in [-0.1, -0.05) is 71.1 Å². The minimum atomic E-state index is -4.12. The summed E-state index contributed by atoms with van der Waals surface area (Å²) in [7, 11) is -4.12. The van der Waals surface area contributed by atoms with Crippen molar-refractivity contribution in [2.24, 2.45) is 5.92 Å². The van der Waals surface area contributed by atoms with Gasteiger partial charge in [0.05, 0.1) is 6.16 Å². The number of rotatable bonds is 15. The zero-order valence-electron chi connectivity index (χ0n) is 14.8. The van der Waals surface area contributed by atoms with Crippen LogP contribution in [0.15, 0.2) is 0 Å². The molecule has 1 unspecified atom stereocenters. The maximum atomic E-state index is 10.9. The summed E-state index contributed by atoms with van der Waals surface area (Å²) < 4.78 is 10.8. The van der Waals surface area contributed by atoms with Crippen LogP contribution in [0.4, 0.5) is 0 Å². The van der Waals surface area contributed by atoms with E-state index in [0.29, 0.717) is 6.42 Å². The van der Waals surface area contributed by atoms with Crippen LogP contribution in [0.2, 0.25) is 0 Å². The van der Waals surface area contributed by atoms with Gasteiger partial charge >= 0.3 is 37.2 Å². The molecule has 5 nitrogen and oxygen atoms in total. The maximum absolute atomic E-state index is 10.9. The van der Waals surface area contributed by atoms with Gasteiger partial charge in [-0.2, -0.15) is 0 Å². The van der Waals surface area contributed by atoms with E-state index in [0.717, 1.165) is 19.3 Å². The van der Waals surface area contributed by atoms with Crippen molar-refractivity contribution < 1.29 is 53.8 Å². The summed E-state index contributed by atoms with van der Waals surface area (Å²) in [5, 5.41) is 10.9. The standard InChI is InChI=1S/C16H33O5P.Na/c1-2-3-4-5-6-7-8-9-10-11-12-15(16(17)18)13-14-22(19,20)21;/h15H,2-14H2,1H3,(H,17,18)(H2,19,20,21);/q;+1/p-1. The van der Waals surface area contributed by atoms with Gasteiger partial charge in [0.15, 0.2) is 0 Å². The average Bonchev–Trinajstić information content (AvgIpc) is 2.42. The van der Waals surface area contributed by atoms with Crippen LogP contribution in [0.5, 0.6) is 0 Å². The molecular weight excluding hydrogens is 326 g/mol. The van der Waals surface area contributed by atoms with Gasteiger partial charge in [0.1, 0.15) is 0 Å². The second kappa shape index (κ2) is 16.1. The Hall–Kier alpha value is 0.620. The van der Waals surface area contributed by atoms with E-state index < -0.39 is 19.5 Å². The van der Waals surface area contributed by atoms with Crippen molar-refractivity contribution in [3.8, 4) is 0 Å². The molecule has 0 fully saturated rings. The number of carbonyl (C=O) groups is 1. The van der Waals surface area contributed by atoms with E-state index in [1.807, 2.05) is 0 Å². The van der Waals surface area contributed by atoms with Crippen LogP contribution >= 0.6 is 7.60 Å². The normalized spacial score (nSPS) is 12.7. The minimum Gasteiger partial charge on any atom is -0.550 e. The fraction of sp³-hybridized carbons (Fsp3) is 0.938. The summed E-state index contributed by atoms with van der Waals surface area (Å²) in [6.07, 6.45) is 11.9. The quantitative estimate of drug-likeness (QED) is 0.248. The molecule has 0 aromatic carbocycles. The molecule has 0 aliphatic rings. The molecule has 0 aromatic heterocycles. The predicted octanol–water partition coefficient (Wildman–Crippen LogP) is 0.235. The average molecular weight is 358 g/mol. The minimum absolute atomic E-state index is 0. The molecule has 0 radical (unpaired) electrons. The molecular formula is C16H32NaO5P. The molecule has 0 aliphatic heterocycles. The Morgan fingerprint density at radius 1 is 0.913 bits per heavy atom. The zero-order chi connectivity index (χ0) is 16.8. The van der Waals surface area contributed by atoms with Gasteiger partial charge < -0.3 is 19.7 Å². The second-order valence-corrected chi connectivity index (χ2v) is 7.94. The Kier molecular flexibility index (Phi) is 18.1. The molecule has 0 saturated carbocycles. The molecule has 0 spiro atoms. The first-order valence-corrected chi connectivity index (χ1v) is 10.4. The van der Waals surface area contributed by atoms with Gasteiger partial charge in [0, 0.05) is 5.97 Å². The molecule has 0 amide bonds. The SMILES string of the molecule is CCCCCCCCCCCCC(CCP(=O)(O)O)C(=O)[O-].[Na+]. The molecule has 0 aliphatic carbocycles.